The summed E-state index contributed by atoms with van der Waals surface area (Å²) in [5.41, 5.74) is 8.40. The van der Waals surface area contributed by atoms with Crippen LogP contribution in [0.25, 0.3) is 0 Å². The van der Waals surface area contributed by atoms with Crippen LogP contribution in [-0.2, 0) is 11.8 Å². The van der Waals surface area contributed by atoms with Gasteiger partial charge in [-0.2, -0.15) is 0 Å². The van der Waals surface area contributed by atoms with E-state index in [1.807, 2.05) is 0 Å². The molecule has 1 aromatic heterocycles. The summed E-state index contributed by atoms with van der Waals surface area (Å²) in [5.74, 6) is 1.45. The third-order valence-electron chi connectivity index (χ3n) is 4.39. The van der Waals surface area contributed by atoms with Gasteiger partial charge in [-0.3, -0.25) is 0 Å². The van der Waals surface area contributed by atoms with Crippen molar-refractivity contribution in [2.45, 2.75) is 44.4 Å². The fraction of sp³-hybridized carbons (Fsp3) is 0.412. The van der Waals surface area contributed by atoms with Gasteiger partial charge in [-0.1, -0.05) is 50.1 Å². The van der Waals surface area contributed by atoms with Crippen LogP contribution in [0.3, 0.4) is 0 Å². The molecule has 2 N–H and O–H groups in total. The molecule has 1 fully saturated rings. The van der Waals surface area contributed by atoms with E-state index in [9.17, 15) is 0 Å². The van der Waals surface area contributed by atoms with Crippen LogP contribution in [0.2, 0.25) is 0 Å². The molecule has 0 amide bonds. The summed E-state index contributed by atoms with van der Waals surface area (Å²) in [6, 6.07) is 10.6. The Morgan fingerprint density at radius 3 is 2.48 bits per heavy atom. The summed E-state index contributed by atoms with van der Waals surface area (Å²) in [4.78, 5) is 9.46. The van der Waals surface area contributed by atoms with Gasteiger partial charge >= 0.3 is 0 Å². The molecule has 3 nitrogen and oxygen atoms in total. The summed E-state index contributed by atoms with van der Waals surface area (Å²) in [7, 11) is 0. The molecule has 3 rings (SSSR count). The highest BCUT2D eigenvalue weighted by molar-refractivity contribution is 9.10. The lowest BCUT2D eigenvalue weighted by Gasteiger charge is -2.41. The van der Waals surface area contributed by atoms with Crippen LogP contribution >= 0.6 is 15.9 Å². The highest BCUT2D eigenvalue weighted by atomic mass is 79.9. The molecule has 1 saturated carbocycles. The SMILES string of the molecule is CCCc1nc(C2(c3ccccc3)CCC2)nc(N)c1Br. The number of benzene rings is 1. The monoisotopic (exact) mass is 345 g/mol. The summed E-state index contributed by atoms with van der Waals surface area (Å²) in [6.45, 7) is 2.15. The van der Waals surface area contributed by atoms with Crippen molar-refractivity contribution in [3.63, 3.8) is 0 Å². The number of rotatable bonds is 4. The van der Waals surface area contributed by atoms with Gasteiger partial charge in [0.1, 0.15) is 11.6 Å². The van der Waals surface area contributed by atoms with Gasteiger partial charge in [0.2, 0.25) is 0 Å². The van der Waals surface area contributed by atoms with Crippen LogP contribution < -0.4 is 5.73 Å². The predicted octanol–water partition coefficient (Wildman–Crippen LogP) is 4.24. The Balaban J connectivity index is 2.10. The molecule has 1 aliphatic carbocycles. The van der Waals surface area contributed by atoms with Gasteiger partial charge < -0.3 is 5.73 Å². The van der Waals surface area contributed by atoms with E-state index in [2.05, 4.69) is 58.2 Å². The van der Waals surface area contributed by atoms with Gasteiger partial charge in [-0.05, 0) is 40.8 Å². The number of hydrogen-bond donors (Lipinski definition) is 1. The van der Waals surface area contributed by atoms with Crippen LogP contribution in [0.5, 0.6) is 0 Å². The zero-order chi connectivity index (χ0) is 14.9. The van der Waals surface area contributed by atoms with Crippen LogP contribution in [0.15, 0.2) is 34.8 Å². The topological polar surface area (TPSA) is 51.8 Å². The molecule has 0 unspecified atom stereocenters. The molecule has 0 aliphatic heterocycles. The van der Waals surface area contributed by atoms with Crippen molar-refractivity contribution in [3.8, 4) is 0 Å². The van der Waals surface area contributed by atoms with E-state index in [0.29, 0.717) is 5.82 Å². The maximum atomic E-state index is 6.11. The zero-order valence-electron chi connectivity index (χ0n) is 12.3. The largest absolute Gasteiger partial charge is 0.383 e. The predicted molar refractivity (Wildman–Crippen MR) is 89.2 cm³/mol. The van der Waals surface area contributed by atoms with Crippen LogP contribution in [0, 0.1) is 0 Å². The highest BCUT2D eigenvalue weighted by Gasteiger charge is 2.43. The lowest BCUT2D eigenvalue weighted by Crippen LogP contribution is -2.37. The minimum atomic E-state index is -0.0431. The first-order valence-electron chi connectivity index (χ1n) is 7.55. The van der Waals surface area contributed by atoms with Crippen molar-refractivity contribution >= 4 is 21.7 Å². The van der Waals surface area contributed by atoms with E-state index in [4.69, 9.17) is 10.7 Å². The molecule has 110 valence electrons. The number of nitrogens with two attached hydrogens (primary N) is 1. The number of aryl methyl sites for hydroxylation is 1. The fourth-order valence-corrected chi connectivity index (χ4v) is 3.43. The number of hydrogen-bond acceptors (Lipinski definition) is 3. The molecule has 1 aromatic carbocycles. The molecule has 2 aromatic rings. The molecule has 0 radical (unpaired) electrons. The van der Waals surface area contributed by atoms with Crippen molar-refractivity contribution in [2.24, 2.45) is 0 Å². The molecule has 21 heavy (non-hydrogen) atoms. The maximum absolute atomic E-state index is 6.11. The third kappa shape index (κ3) is 2.46. The highest BCUT2D eigenvalue weighted by Crippen LogP contribution is 2.48. The minimum Gasteiger partial charge on any atom is -0.383 e. The number of nitrogens with zero attached hydrogens (tertiary/aromatic N) is 2. The quantitative estimate of drug-likeness (QED) is 0.901. The summed E-state index contributed by atoms with van der Waals surface area (Å²) < 4.78 is 0.857. The number of aromatic nitrogens is 2. The van der Waals surface area contributed by atoms with Crippen molar-refractivity contribution in [3.05, 3.63) is 51.9 Å². The standard InChI is InChI=1S/C17H20BrN3/c1-2-7-13-14(18)15(19)21-16(20-13)17(10-6-11-17)12-8-4-3-5-9-12/h3-5,8-9H,2,6-7,10-11H2,1H3,(H2,19,20,21). The molecular weight excluding hydrogens is 326 g/mol. The smallest absolute Gasteiger partial charge is 0.141 e. The second-order valence-corrected chi connectivity index (χ2v) is 6.54. The molecule has 0 atom stereocenters. The van der Waals surface area contributed by atoms with Gasteiger partial charge in [0.25, 0.3) is 0 Å². The van der Waals surface area contributed by atoms with Crippen LogP contribution in [0.1, 0.15) is 49.7 Å². The Kier molecular flexibility index (Phi) is 3.98. The lowest BCUT2D eigenvalue weighted by atomic mass is 9.64. The molecule has 1 heterocycles. The first kappa shape index (κ1) is 14.5. The summed E-state index contributed by atoms with van der Waals surface area (Å²) in [6.07, 6.45) is 5.39. The van der Waals surface area contributed by atoms with Gasteiger partial charge in [0, 0.05) is 0 Å². The lowest BCUT2D eigenvalue weighted by molar-refractivity contribution is 0.284. The normalized spacial score (nSPS) is 16.5. The summed E-state index contributed by atoms with van der Waals surface area (Å²) in [5, 5.41) is 0. The Bertz CT molecular complexity index is 636. The summed E-state index contributed by atoms with van der Waals surface area (Å²) >= 11 is 3.53. The Morgan fingerprint density at radius 2 is 1.90 bits per heavy atom. The van der Waals surface area contributed by atoms with Crippen molar-refractivity contribution in [1.29, 1.82) is 0 Å². The Hall–Kier alpha value is -1.42. The van der Waals surface area contributed by atoms with Gasteiger partial charge in [0.15, 0.2) is 0 Å². The molecule has 0 saturated heterocycles. The first-order valence-corrected chi connectivity index (χ1v) is 8.34. The van der Waals surface area contributed by atoms with Crippen molar-refractivity contribution in [2.75, 3.05) is 5.73 Å². The van der Waals surface area contributed by atoms with E-state index >= 15 is 0 Å². The van der Waals surface area contributed by atoms with Gasteiger partial charge in [-0.15, -0.1) is 0 Å². The molecule has 4 heteroatoms. The number of anilines is 1. The van der Waals surface area contributed by atoms with Crippen molar-refractivity contribution < 1.29 is 0 Å². The van der Waals surface area contributed by atoms with E-state index in [-0.39, 0.29) is 5.41 Å². The minimum absolute atomic E-state index is 0.0431. The zero-order valence-corrected chi connectivity index (χ0v) is 13.9. The number of halogens is 1. The molecular formula is C17H20BrN3. The number of nitrogen functional groups attached to an aromatic ring is 1. The molecule has 0 bridgehead atoms. The van der Waals surface area contributed by atoms with Crippen molar-refractivity contribution in [1.82, 2.24) is 9.97 Å². The van der Waals surface area contributed by atoms with Gasteiger partial charge in [-0.25, -0.2) is 9.97 Å². The second-order valence-electron chi connectivity index (χ2n) is 5.74. The van der Waals surface area contributed by atoms with Crippen LogP contribution in [0.4, 0.5) is 5.82 Å². The average molecular weight is 346 g/mol. The Morgan fingerprint density at radius 1 is 1.19 bits per heavy atom. The first-order chi connectivity index (χ1) is 10.2. The third-order valence-corrected chi connectivity index (χ3v) is 5.26. The molecule has 0 spiro atoms. The maximum Gasteiger partial charge on any atom is 0.141 e. The fourth-order valence-electron chi connectivity index (χ4n) is 3.06. The second kappa shape index (κ2) is 5.76. The molecule has 1 aliphatic rings. The Labute approximate surface area is 134 Å². The van der Waals surface area contributed by atoms with E-state index < -0.39 is 0 Å². The van der Waals surface area contributed by atoms with E-state index in [1.54, 1.807) is 0 Å². The average Bonchev–Trinajstić information content (AvgIpc) is 2.44. The van der Waals surface area contributed by atoms with E-state index in [1.165, 1.54) is 12.0 Å². The van der Waals surface area contributed by atoms with E-state index in [0.717, 1.165) is 41.7 Å². The van der Waals surface area contributed by atoms with Gasteiger partial charge in [0.05, 0.1) is 15.6 Å². The van der Waals surface area contributed by atoms with Crippen LogP contribution in [-0.4, -0.2) is 9.97 Å².